The van der Waals surface area contributed by atoms with E-state index in [1.54, 1.807) is 20.0 Å². The van der Waals surface area contributed by atoms with Crippen molar-refractivity contribution >= 4 is 5.91 Å². The number of rotatable bonds is 3. The smallest absolute Gasteiger partial charge is 0.246 e. The zero-order chi connectivity index (χ0) is 7.98. The van der Waals surface area contributed by atoms with Gasteiger partial charge in [0.15, 0.2) is 0 Å². The molecule has 0 saturated heterocycles. The zero-order valence-corrected chi connectivity index (χ0v) is 6.35. The second-order valence-electron chi connectivity index (χ2n) is 1.87. The Morgan fingerprint density at radius 1 is 1.70 bits per heavy atom. The summed E-state index contributed by atoms with van der Waals surface area (Å²) in [6, 6.07) is 0. The molecule has 0 spiro atoms. The summed E-state index contributed by atoms with van der Waals surface area (Å²) in [5.41, 5.74) is 0.630. The molecule has 0 aromatic rings. The molecule has 2 N–H and O–H groups in total. The molecular formula is C7H13NO2. The fourth-order valence-electron chi connectivity index (χ4n) is 0.670. The quantitative estimate of drug-likeness (QED) is 0.549. The molecule has 0 aromatic carbocycles. The number of aliphatic hydroxyl groups excluding tert-OH is 1. The first kappa shape index (κ1) is 9.17. The number of amides is 1. The third-order valence-corrected chi connectivity index (χ3v) is 1.25. The summed E-state index contributed by atoms with van der Waals surface area (Å²) in [6.07, 6.45) is 2.13. The largest absolute Gasteiger partial charge is 0.396 e. The number of hydrogen-bond donors (Lipinski definition) is 2. The lowest BCUT2D eigenvalue weighted by molar-refractivity contribution is -0.117. The van der Waals surface area contributed by atoms with Crippen LogP contribution in [0.3, 0.4) is 0 Å². The van der Waals surface area contributed by atoms with E-state index in [4.69, 9.17) is 5.11 Å². The molecule has 0 rings (SSSR count). The van der Waals surface area contributed by atoms with Crippen molar-refractivity contribution in [2.24, 2.45) is 0 Å². The van der Waals surface area contributed by atoms with Gasteiger partial charge in [0.2, 0.25) is 5.91 Å². The van der Waals surface area contributed by atoms with Gasteiger partial charge in [-0.2, -0.15) is 0 Å². The minimum atomic E-state index is -0.114. The van der Waals surface area contributed by atoms with Crippen molar-refractivity contribution < 1.29 is 9.90 Å². The molecule has 0 aliphatic rings. The van der Waals surface area contributed by atoms with Crippen molar-refractivity contribution in [3.05, 3.63) is 11.6 Å². The lowest BCUT2D eigenvalue weighted by Gasteiger charge is -2.01. The van der Waals surface area contributed by atoms with Crippen molar-refractivity contribution in [3.63, 3.8) is 0 Å². The molecule has 0 bridgehead atoms. The molecule has 0 fully saturated rings. The maximum absolute atomic E-state index is 10.8. The first-order chi connectivity index (χ1) is 4.76. The van der Waals surface area contributed by atoms with E-state index in [-0.39, 0.29) is 12.5 Å². The van der Waals surface area contributed by atoms with Crippen molar-refractivity contribution in [1.82, 2.24) is 5.32 Å². The molecule has 58 valence electrons. The van der Waals surface area contributed by atoms with E-state index in [1.807, 2.05) is 0 Å². The number of carbonyl (C=O) groups excluding carboxylic acids is 1. The third kappa shape index (κ3) is 2.64. The highest BCUT2D eigenvalue weighted by Crippen LogP contribution is 1.98. The van der Waals surface area contributed by atoms with E-state index >= 15 is 0 Å². The van der Waals surface area contributed by atoms with Crippen molar-refractivity contribution in [2.45, 2.75) is 13.3 Å². The Kier molecular flexibility index (Phi) is 4.58. The third-order valence-electron chi connectivity index (χ3n) is 1.25. The van der Waals surface area contributed by atoms with E-state index in [0.717, 1.165) is 0 Å². The Balaban J connectivity index is 3.95. The van der Waals surface area contributed by atoms with Crippen molar-refractivity contribution in [1.29, 1.82) is 0 Å². The molecule has 0 aliphatic carbocycles. The molecule has 0 aromatic heterocycles. The summed E-state index contributed by atoms with van der Waals surface area (Å²) >= 11 is 0. The summed E-state index contributed by atoms with van der Waals surface area (Å²) < 4.78 is 0. The Labute approximate surface area is 60.7 Å². The predicted molar refractivity (Wildman–Crippen MR) is 39.5 cm³/mol. The SMILES string of the molecule is CC=C(CCO)C(=O)NC. The standard InChI is InChI=1S/C7H13NO2/c1-3-6(4-5-9)7(10)8-2/h3,9H,4-5H2,1-2H3,(H,8,10). The summed E-state index contributed by atoms with van der Waals surface area (Å²) in [7, 11) is 1.57. The minimum Gasteiger partial charge on any atom is -0.396 e. The van der Waals surface area contributed by atoms with Crippen LogP contribution in [-0.2, 0) is 4.79 Å². The lowest BCUT2D eigenvalue weighted by atomic mass is 10.2. The second-order valence-corrected chi connectivity index (χ2v) is 1.87. The Bertz CT molecular complexity index is 141. The van der Waals surface area contributed by atoms with Gasteiger partial charge in [0.05, 0.1) is 0 Å². The summed E-state index contributed by atoms with van der Waals surface area (Å²) in [6.45, 7) is 1.80. The molecular weight excluding hydrogens is 130 g/mol. The molecule has 0 radical (unpaired) electrons. The molecule has 0 aliphatic heterocycles. The summed E-state index contributed by atoms with van der Waals surface area (Å²) in [5, 5.41) is 11.0. The van der Waals surface area contributed by atoms with Crippen LogP contribution in [0, 0.1) is 0 Å². The Hall–Kier alpha value is -0.830. The van der Waals surface area contributed by atoms with Crippen LogP contribution in [-0.4, -0.2) is 24.7 Å². The first-order valence-corrected chi connectivity index (χ1v) is 3.24. The zero-order valence-electron chi connectivity index (χ0n) is 6.35. The van der Waals surface area contributed by atoms with E-state index in [0.29, 0.717) is 12.0 Å². The summed E-state index contributed by atoms with van der Waals surface area (Å²) in [4.78, 5) is 10.8. The average Bonchev–Trinajstić information content (AvgIpc) is 1.99. The van der Waals surface area contributed by atoms with Crippen LogP contribution in [0.25, 0.3) is 0 Å². The molecule has 0 atom stereocenters. The highest BCUT2D eigenvalue weighted by atomic mass is 16.3. The molecule has 3 nitrogen and oxygen atoms in total. The molecule has 3 heteroatoms. The van der Waals surface area contributed by atoms with Gasteiger partial charge in [-0.25, -0.2) is 0 Å². The number of likely N-dealkylation sites (N-methyl/N-ethyl adjacent to an activating group) is 1. The van der Waals surface area contributed by atoms with Crippen LogP contribution in [0.5, 0.6) is 0 Å². The highest BCUT2D eigenvalue weighted by molar-refractivity contribution is 5.92. The van der Waals surface area contributed by atoms with Gasteiger partial charge in [-0.1, -0.05) is 6.08 Å². The van der Waals surface area contributed by atoms with Gasteiger partial charge in [-0.3, -0.25) is 4.79 Å². The highest BCUT2D eigenvalue weighted by Gasteiger charge is 2.03. The predicted octanol–water partition coefficient (Wildman–Crippen LogP) is 0.0611. The van der Waals surface area contributed by atoms with Crippen LogP contribution >= 0.6 is 0 Å². The topological polar surface area (TPSA) is 49.3 Å². The van der Waals surface area contributed by atoms with Crippen molar-refractivity contribution in [3.8, 4) is 0 Å². The number of nitrogens with one attached hydrogen (secondary N) is 1. The van der Waals surface area contributed by atoms with Gasteiger partial charge in [0.1, 0.15) is 0 Å². The second kappa shape index (κ2) is 4.99. The lowest BCUT2D eigenvalue weighted by Crippen LogP contribution is -2.20. The number of hydrogen-bond acceptors (Lipinski definition) is 2. The van der Waals surface area contributed by atoms with Gasteiger partial charge in [0, 0.05) is 25.6 Å². The van der Waals surface area contributed by atoms with Gasteiger partial charge < -0.3 is 10.4 Å². The Morgan fingerprint density at radius 2 is 2.30 bits per heavy atom. The molecule has 10 heavy (non-hydrogen) atoms. The van der Waals surface area contributed by atoms with Crippen LogP contribution in [0.1, 0.15) is 13.3 Å². The van der Waals surface area contributed by atoms with Gasteiger partial charge in [0.25, 0.3) is 0 Å². The molecule has 0 unspecified atom stereocenters. The maximum Gasteiger partial charge on any atom is 0.246 e. The molecule has 0 saturated carbocycles. The molecule has 1 amide bonds. The van der Waals surface area contributed by atoms with E-state index in [1.165, 1.54) is 0 Å². The first-order valence-electron chi connectivity index (χ1n) is 3.24. The fraction of sp³-hybridized carbons (Fsp3) is 0.571. The van der Waals surface area contributed by atoms with Crippen LogP contribution in [0.2, 0.25) is 0 Å². The number of allylic oxidation sites excluding steroid dienone is 1. The monoisotopic (exact) mass is 143 g/mol. The average molecular weight is 143 g/mol. The van der Waals surface area contributed by atoms with Gasteiger partial charge >= 0.3 is 0 Å². The van der Waals surface area contributed by atoms with E-state index in [9.17, 15) is 4.79 Å². The van der Waals surface area contributed by atoms with E-state index in [2.05, 4.69) is 5.32 Å². The van der Waals surface area contributed by atoms with E-state index < -0.39 is 0 Å². The normalized spacial score (nSPS) is 11.3. The van der Waals surface area contributed by atoms with Gasteiger partial charge in [-0.05, 0) is 6.92 Å². The number of aliphatic hydroxyl groups is 1. The maximum atomic E-state index is 10.8. The minimum absolute atomic E-state index is 0.0209. The van der Waals surface area contributed by atoms with Crippen LogP contribution < -0.4 is 5.32 Å². The summed E-state index contributed by atoms with van der Waals surface area (Å²) in [5.74, 6) is -0.114. The number of carbonyl (C=O) groups is 1. The molecule has 0 heterocycles. The van der Waals surface area contributed by atoms with Crippen molar-refractivity contribution in [2.75, 3.05) is 13.7 Å². The van der Waals surface area contributed by atoms with Crippen LogP contribution in [0.15, 0.2) is 11.6 Å². The fourth-order valence-corrected chi connectivity index (χ4v) is 0.670. The van der Waals surface area contributed by atoms with Crippen LogP contribution in [0.4, 0.5) is 0 Å². The Morgan fingerprint density at radius 3 is 2.60 bits per heavy atom. The van der Waals surface area contributed by atoms with Gasteiger partial charge in [-0.15, -0.1) is 0 Å².